The SMILES string of the molecule is C[C@H]1CC(CN)(CC2=NCS(=O)N2)C[C@@H]1C. The molecule has 1 heterocycles. The Labute approximate surface area is 99.7 Å². The lowest BCUT2D eigenvalue weighted by Gasteiger charge is -2.27. The van der Waals surface area contributed by atoms with Gasteiger partial charge in [-0.2, -0.15) is 0 Å². The molecule has 2 rings (SSSR count). The molecule has 1 aliphatic carbocycles. The molecule has 0 saturated heterocycles. The lowest BCUT2D eigenvalue weighted by Crippen LogP contribution is -2.34. The van der Waals surface area contributed by atoms with Gasteiger partial charge in [0.25, 0.3) is 0 Å². The van der Waals surface area contributed by atoms with Crippen molar-refractivity contribution in [3.8, 4) is 0 Å². The van der Waals surface area contributed by atoms with Gasteiger partial charge in [-0.05, 0) is 36.6 Å². The van der Waals surface area contributed by atoms with Crippen LogP contribution in [0.5, 0.6) is 0 Å². The van der Waals surface area contributed by atoms with E-state index in [4.69, 9.17) is 5.73 Å². The molecule has 0 bridgehead atoms. The van der Waals surface area contributed by atoms with Crippen LogP contribution in [0.4, 0.5) is 0 Å². The van der Waals surface area contributed by atoms with Gasteiger partial charge >= 0.3 is 0 Å². The largest absolute Gasteiger partial charge is 0.330 e. The molecule has 0 aromatic heterocycles. The molecule has 1 saturated carbocycles. The van der Waals surface area contributed by atoms with E-state index in [9.17, 15) is 4.21 Å². The summed E-state index contributed by atoms with van der Waals surface area (Å²) in [6, 6.07) is 0. The predicted molar refractivity (Wildman–Crippen MR) is 67.2 cm³/mol. The Morgan fingerprint density at radius 2 is 2.12 bits per heavy atom. The number of nitrogens with zero attached hydrogens (tertiary/aromatic N) is 1. The summed E-state index contributed by atoms with van der Waals surface area (Å²) in [6.45, 7) is 5.29. The summed E-state index contributed by atoms with van der Waals surface area (Å²) in [6.07, 6.45) is 3.19. The summed E-state index contributed by atoms with van der Waals surface area (Å²) in [7, 11) is -0.985. The zero-order valence-electron chi connectivity index (χ0n) is 10.0. The smallest absolute Gasteiger partial charge is 0.140 e. The van der Waals surface area contributed by atoms with Gasteiger partial charge in [0, 0.05) is 6.42 Å². The van der Waals surface area contributed by atoms with Gasteiger partial charge < -0.3 is 5.73 Å². The average Bonchev–Trinajstić information content (AvgIpc) is 2.74. The molecular weight excluding hydrogens is 222 g/mol. The van der Waals surface area contributed by atoms with Crippen molar-refractivity contribution < 1.29 is 4.21 Å². The van der Waals surface area contributed by atoms with E-state index in [0.717, 1.165) is 36.9 Å². The molecule has 3 N–H and O–H groups in total. The van der Waals surface area contributed by atoms with Crippen molar-refractivity contribution in [3.05, 3.63) is 0 Å². The lowest BCUT2D eigenvalue weighted by molar-refractivity contribution is 0.306. The van der Waals surface area contributed by atoms with Gasteiger partial charge in [-0.15, -0.1) is 0 Å². The number of hydrogen-bond acceptors (Lipinski definition) is 3. The molecule has 92 valence electrons. The highest BCUT2D eigenvalue weighted by atomic mass is 32.2. The molecule has 5 heteroatoms. The van der Waals surface area contributed by atoms with Gasteiger partial charge in [0.1, 0.15) is 22.7 Å². The minimum Gasteiger partial charge on any atom is -0.330 e. The fourth-order valence-electron chi connectivity index (χ4n) is 3.01. The van der Waals surface area contributed by atoms with Crippen molar-refractivity contribution in [2.45, 2.75) is 33.1 Å². The highest BCUT2D eigenvalue weighted by molar-refractivity contribution is 7.83. The third kappa shape index (κ3) is 2.30. The molecular formula is C11H21N3OS. The first-order valence-corrected chi connectivity index (χ1v) is 7.25. The predicted octanol–water partition coefficient (Wildman–Crippen LogP) is 1.01. The molecule has 16 heavy (non-hydrogen) atoms. The van der Waals surface area contributed by atoms with Gasteiger partial charge in [0.2, 0.25) is 0 Å². The number of hydrogen-bond donors (Lipinski definition) is 2. The maximum Gasteiger partial charge on any atom is 0.140 e. The number of rotatable bonds is 3. The molecule has 1 unspecified atom stereocenters. The molecule has 0 amide bonds. The topological polar surface area (TPSA) is 67.5 Å². The zero-order chi connectivity index (χ0) is 11.8. The van der Waals surface area contributed by atoms with E-state index < -0.39 is 11.0 Å². The van der Waals surface area contributed by atoms with Crippen molar-refractivity contribution in [1.29, 1.82) is 0 Å². The average molecular weight is 243 g/mol. The zero-order valence-corrected chi connectivity index (χ0v) is 10.8. The second-order valence-electron chi connectivity index (χ2n) is 5.43. The minimum atomic E-state index is -0.985. The maximum atomic E-state index is 11.2. The van der Waals surface area contributed by atoms with E-state index in [1.54, 1.807) is 0 Å². The molecule has 1 aliphatic heterocycles. The van der Waals surface area contributed by atoms with Gasteiger partial charge in [-0.3, -0.25) is 9.71 Å². The Morgan fingerprint density at radius 3 is 2.56 bits per heavy atom. The van der Waals surface area contributed by atoms with E-state index in [2.05, 4.69) is 23.6 Å². The van der Waals surface area contributed by atoms with E-state index in [1.807, 2.05) is 0 Å². The summed E-state index contributed by atoms with van der Waals surface area (Å²) in [4.78, 5) is 4.27. The standard InChI is InChI=1S/C11H21N3OS/c1-8-3-11(6-12,4-9(8)2)5-10-13-7-16(15)14-10/h8-9H,3-7,12H2,1-2H3,(H,13,14)/t8-,9-,16?/m0/s1. The van der Waals surface area contributed by atoms with Gasteiger partial charge in [0.05, 0.1) is 0 Å². The summed E-state index contributed by atoms with van der Waals surface area (Å²) in [5.41, 5.74) is 6.13. The molecule has 4 nitrogen and oxygen atoms in total. The highest BCUT2D eigenvalue weighted by Gasteiger charge is 2.41. The molecule has 0 spiro atoms. The van der Waals surface area contributed by atoms with Crippen molar-refractivity contribution in [1.82, 2.24) is 4.72 Å². The monoisotopic (exact) mass is 243 g/mol. The number of amidine groups is 1. The highest BCUT2D eigenvalue weighted by Crippen LogP contribution is 2.47. The summed E-state index contributed by atoms with van der Waals surface area (Å²) in [5.74, 6) is 2.76. The third-order valence-corrected chi connectivity index (χ3v) is 4.89. The Kier molecular flexibility index (Phi) is 3.35. The van der Waals surface area contributed by atoms with E-state index >= 15 is 0 Å². The van der Waals surface area contributed by atoms with Gasteiger partial charge in [0.15, 0.2) is 0 Å². The van der Waals surface area contributed by atoms with Gasteiger partial charge in [-0.1, -0.05) is 13.8 Å². The fraction of sp³-hybridized carbons (Fsp3) is 0.909. The first-order chi connectivity index (χ1) is 7.54. The Hall–Kier alpha value is -0.420. The second-order valence-corrected chi connectivity index (χ2v) is 6.58. The Morgan fingerprint density at radius 1 is 1.50 bits per heavy atom. The normalized spacial score (nSPS) is 37.2. The number of aliphatic imine (C=N–C) groups is 1. The van der Waals surface area contributed by atoms with Crippen molar-refractivity contribution in [2.24, 2.45) is 28.0 Å². The summed E-state index contributed by atoms with van der Waals surface area (Å²) in [5, 5.41) is 0. The Bertz CT molecular complexity index is 319. The van der Waals surface area contributed by atoms with Crippen molar-refractivity contribution in [2.75, 3.05) is 12.4 Å². The van der Waals surface area contributed by atoms with Gasteiger partial charge in [-0.25, -0.2) is 4.21 Å². The van der Waals surface area contributed by atoms with E-state index in [0.29, 0.717) is 12.4 Å². The third-order valence-electron chi connectivity index (χ3n) is 4.06. The van der Waals surface area contributed by atoms with Crippen LogP contribution < -0.4 is 10.5 Å². The molecule has 0 radical (unpaired) electrons. The van der Waals surface area contributed by atoms with Crippen LogP contribution in [0.2, 0.25) is 0 Å². The van der Waals surface area contributed by atoms with Crippen LogP contribution >= 0.6 is 0 Å². The fourth-order valence-corrected chi connectivity index (χ4v) is 3.75. The molecule has 3 atom stereocenters. The molecule has 2 aliphatic rings. The quantitative estimate of drug-likeness (QED) is 0.777. The maximum absolute atomic E-state index is 11.2. The van der Waals surface area contributed by atoms with Crippen LogP contribution in [0.25, 0.3) is 0 Å². The summed E-state index contributed by atoms with van der Waals surface area (Å²) < 4.78 is 14.1. The van der Waals surface area contributed by atoms with Crippen LogP contribution in [-0.4, -0.2) is 22.5 Å². The van der Waals surface area contributed by atoms with Crippen molar-refractivity contribution in [3.63, 3.8) is 0 Å². The number of nitrogens with one attached hydrogen (secondary N) is 1. The van der Waals surface area contributed by atoms with Crippen LogP contribution in [0, 0.1) is 17.3 Å². The van der Waals surface area contributed by atoms with Crippen LogP contribution in [0.3, 0.4) is 0 Å². The first-order valence-electron chi connectivity index (χ1n) is 5.93. The summed E-state index contributed by atoms with van der Waals surface area (Å²) >= 11 is 0. The van der Waals surface area contributed by atoms with Crippen LogP contribution in [0.1, 0.15) is 33.1 Å². The van der Waals surface area contributed by atoms with Crippen LogP contribution in [-0.2, 0) is 11.0 Å². The second kappa shape index (κ2) is 4.45. The lowest BCUT2D eigenvalue weighted by atomic mass is 9.81. The molecule has 0 aromatic carbocycles. The molecule has 0 aromatic rings. The van der Waals surface area contributed by atoms with E-state index in [1.165, 1.54) is 0 Å². The van der Waals surface area contributed by atoms with Crippen molar-refractivity contribution >= 4 is 16.8 Å². The minimum absolute atomic E-state index is 0.180. The van der Waals surface area contributed by atoms with Crippen LogP contribution in [0.15, 0.2) is 4.99 Å². The Balaban J connectivity index is 2.03. The van der Waals surface area contributed by atoms with E-state index in [-0.39, 0.29) is 5.41 Å². The number of nitrogens with two attached hydrogens (primary N) is 1. The first kappa shape index (κ1) is 12.0. The molecule has 1 fully saturated rings.